The summed E-state index contributed by atoms with van der Waals surface area (Å²) < 4.78 is 10.4. The largest absolute Gasteiger partial charge is 0.458 e. The molecule has 0 atom stereocenters. The molecule has 0 N–H and O–H groups in total. The zero-order chi connectivity index (χ0) is 25.9. The quantitative estimate of drug-likeness (QED) is 0.168. The van der Waals surface area contributed by atoms with E-state index >= 15 is 0 Å². The van der Waals surface area contributed by atoms with E-state index in [-0.39, 0.29) is 24.6 Å². The molecule has 0 heterocycles. The summed E-state index contributed by atoms with van der Waals surface area (Å²) in [6.07, 6.45) is 5.47. The first-order valence-corrected chi connectivity index (χ1v) is 10.6. The third-order valence-electron chi connectivity index (χ3n) is 4.82. The van der Waals surface area contributed by atoms with Gasteiger partial charge in [0, 0.05) is 36.4 Å². The number of esters is 2. The van der Waals surface area contributed by atoms with Crippen LogP contribution < -0.4 is 0 Å². The van der Waals surface area contributed by atoms with Crippen molar-refractivity contribution in [1.29, 1.82) is 0 Å². The van der Waals surface area contributed by atoms with Gasteiger partial charge < -0.3 is 9.47 Å². The van der Waals surface area contributed by atoms with Crippen molar-refractivity contribution in [3.63, 3.8) is 0 Å². The highest BCUT2D eigenvalue weighted by atomic mass is 16.6. The van der Waals surface area contributed by atoms with Gasteiger partial charge in [0.1, 0.15) is 13.2 Å². The Bertz CT molecular complexity index is 1190. The molecule has 0 unspecified atom stereocenters. The maximum absolute atomic E-state index is 11.9. The van der Waals surface area contributed by atoms with E-state index in [1.165, 1.54) is 72.8 Å². The number of nitrogens with zero attached hydrogens (tertiary/aromatic N) is 2. The normalized spacial score (nSPS) is 10.9. The van der Waals surface area contributed by atoms with Crippen LogP contribution in [-0.4, -0.2) is 21.8 Å². The Labute approximate surface area is 205 Å². The lowest BCUT2D eigenvalue weighted by Gasteiger charge is -2.05. The van der Waals surface area contributed by atoms with E-state index in [0.29, 0.717) is 11.1 Å². The highest BCUT2D eigenvalue weighted by Gasteiger charge is 2.05. The van der Waals surface area contributed by atoms with Crippen LogP contribution in [0.5, 0.6) is 0 Å². The van der Waals surface area contributed by atoms with Gasteiger partial charge in [0.15, 0.2) is 0 Å². The molecule has 0 aliphatic heterocycles. The summed E-state index contributed by atoms with van der Waals surface area (Å²) in [7, 11) is 0. The Hall–Kier alpha value is -5.12. The summed E-state index contributed by atoms with van der Waals surface area (Å²) >= 11 is 0. The van der Waals surface area contributed by atoms with Crippen molar-refractivity contribution >= 4 is 35.5 Å². The predicted molar refractivity (Wildman–Crippen MR) is 130 cm³/mol. The maximum Gasteiger partial charge on any atom is 0.331 e. The number of non-ortho nitro benzene ring substituents is 2. The molecule has 0 fully saturated rings. The Morgan fingerprint density at radius 3 is 1.25 bits per heavy atom. The van der Waals surface area contributed by atoms with Crippen molar-refractivity contribution in [3.05, 3.63) is 127 Å². The minimum absolute atomic E-state index is 0.0355. The molecule has 3 rings (SSSR count). The van der Waals surface area contributed by atoms with Crippen LogP contribution in [0.15, 0.2) is 84.9 Å². The average Bonchev–Trinajstić information content (AvgIpc) is 2.89. The average molecular weight is 488 g/mol. The van der Waals surface area contributed by atoms with Crippen LogP contribution in [0.25, 0.3) is 12.2 Å². The fraction of sp³-hybridized carbons (Fsp3) is 0.0769. The molecular weight excluding hydrogens is 468 g/mol. The first-order valence-electron chi connectivity index (χ1n) is 10.6. The summed E-state index contributed by atoms with van der Waals surface area (Å²) in [4.78, 5) is 44.1. The van der Waals surface area contributed by atoms with Crippen LogP contribution in [0.1, 0.15) is 22.3 Å². The SMILES string of the molecule is O=C(/C=C/c1ccc([N+](=O)[O-])cc1)OCc1ccc(COC(=O)/C=C/c2ccc([N+](=O)[O-])cc2)cc1. The van der Waals surface area contributed by atoms with Gasteiger partial charge in [-0.25, -0.2) is 9.59 Å². The summed E-state index contributed by atoms with van der Waals surface area (Å²) in [5, 5.41) is 21.3. The van der Waals surface area contributed by atoms with Gasteiger partial charge >= 0.3 is 11.9 Å². The standard InChI is InChI=1S/C26H20N2O8/c29-25(15-9-19-5-11-23(12-6-19)27(31)32)35-17-21-1-2-22(4-3-21)18-36-26(30)16-10-20-7-13-24(14-8-20)28(33)34/h1-16H,17-18H2/b15-9+,16-10+. The number of nitro groups is 2. The molecule has 10 heteroatoms. The molecule has 0 saturated heterocycles. The highest BCUT2D eigenvalue weighted by molar-refractivity contribution is 5.87. The van der Waals surface area contributed by atoms with Crippen molar-refractivity contribution in [2.45, 2.75) is 13.2 Å². The number of carbonyl (C=O) groups excluding carboxylic acids is 2. The minimum Gasteiger partial charge on any atom is -0.458 e. The van der Waals surface area contributed by atoms with E-state index in [1.54, 1.807) is 24.3 Å². The van der Waals surface area contributed by atoms with E-state index in [9.17, 15) is 29.8 Å². The van der Waals surface area contributed by atoms with Crippen molar-refractivity contribution in [2.24, 2.45) is 0 Å². The Kier molecular flexibility index (Phi) is 8.76. The number of benzene rings is 3. The maximum atomic E-state index is 11.9. The second kappa shape index (κ2) is 12.4. The third kappa shape index (κ3) is 8.03. The number of nitro benzene ring substituents is 2. The van der Waals surface area contributed by atoms with Crippen LogP contribution in [0.4, 0.5) is 11.4 Å². The summed E-state index contributed by atoms with van der Waals surface area (Å²) in [6, 6.07) is 18.4. The number of carbonyl (C=O) groups is 2. The zero-order valence-electron chi connectivity index (χ0n) is 18.8. The van der Waals surface area contributed by atoms with Gasteiger partial charge in [-0.15, -0.1) is 0 Å². The first kappa shape index (κ1) is 25.5. The number of rotatable bonds is 10. The molecule has 0 aliphatic rings. The molecule has 36 heavy (non-hydrogen) atoms. The number of ether oxygens (including phenoxy) is 2. The molecule has 0 aliphatic carbocycles. The predicted octanol–water partition coefficient (Wildman–Crippen LogP) is 5.02. The van der Waals surface area contributed by atoms with Gasteiger partial charge in [0.25, 0.3) is 11.4 Å². The monoisotopic (exact) mass is 488 g/mol. The van der Waals surface area contributed by atoms with Gasteiger partial charge in [-0.05, 0) is 58.7 Å². The van der Waals surface area contributed by atoms with Gasteiger partial charge in [-0.3, -0.25) is 20.2 Å². The van der Waals surface area contributed by atoms with Gasteiger partial charge in [0.2, 0.25) is 0 Å². The molecule has 0 amide bonds. The lowest BCUT2D eigenvalue weighted by Crippen LogP contribution is -2.02. The van der Waals surface area contributed by atoms with Gasteiger partial charge in [0.05, 0.1) is 9.85 Å². The summed E-state index contributed by atoms with van der Waals surface area (Å²) in [5.41, 5.74) is 2.65. The summed E-state index contributed by atoms with van der Waals surface area (Å²) in [6.45, 7) is 0.0863. The Morgan fingerprint density at radius 1 is 0.611 bits per heavy atom. The Balaban J connectivity index is 1.41. The number of hydrogen-bond donors (Lipinski definition) is 0. The van der Waals surface area contributed by atoms with E-state index in [0.717, 1.165) is 11.1 Å². The van der Waals surface area contributed by atoms with Crippen molar-refractivity contribution < 1.29 is 28.9 Å². The molecule has 3 aromatic carbocycles. The molecular formula is C26H20N2O8. The molecule has 0 spiro atoms. The van der Waals surface area contributed by atoms with E-state index in [2.05, 4.69) is 0 Å². The van der Waals surface area contributed by atoms with Crippen molar-refractivity contribution in [2.75, 3.05) is 0 Å². The second-order valence-electron chi connectivity index (χ2n) is 7.40. The fourth-order valence-electron chi connectivity index (χ4n) is 2.88. The minimum atomic E-state index is -0.564. The van der Waals surface area contributed by atoms with E-state index < -0.39 is 21.8 Å². The topological polar surface area (TPSA) is 139 Å². The van der Waals surface area contributed by atoms with E-state index in [1.807, 2.05) is 0 Å². The van der Waals surface area contributed by atoms with Crippen LogP contribution >= 0.6 is 0 Å². The first-order chi connectivity index (χ1) is 17.3. The highest BCUT2D eigenvalue weighted by Crippen LogP contribution is 2.14. The molecule has 10 nitrogen and oxygen atoms in total. The molecule has 3 aromatic rings. The summed E-state index contributed by atoms with van der Waals surface area (Å²) in [5.74, 6) is -1.13. The van der Waals surface area contributed by atoms with Gasteiger partial charge in [-0.2, -0.15) is 0 Å². The third-order valence-corrected chi connectivity index (χ3v) is 4.82. The smallest absolute Gasteiger partial charge is 0.331 e. The zero-order valence-corrected chi connectivity index (χ0v) is 18.8. The molecule has 0 bridgehead atoms. The Morgan fingerprint density at radius 2 is 0.944 bits per heavy atom. The lowest BCUT2D eigenvalue weighted by atomic mass is 10.1. The molecule has 0 aromatic heterocycles. The van der Waals surface area contributed by atoms with Crippen LogP contribution in [-0.2, 0) is 32.3 Å². The van der Waals surface area contributed by atoms with Crippen LogP contribution in [0.2, 0.25) is 0 Å². The molecule has 0 radical (unpaired) electrons. The van der Waals surface area contributed by atoms with Crippen LogP contribution in [0.3, 0.4) is 0 Å². The molecule has 182 valence electrons. The molecule has 0 saturated carbocycles. The lowest BCUT2D eigenvalue weighted by molar-refractivity contribution is -0.385. The second-order valence-corrected chi connectivity index (χ2v) is 7.40. The van der Waals surface area contributed by atoms with Gasteiger partial charge in [-0.1, -0.05) is 24.3 Å². The van der Waals surface area contributed by atoms with Crippen molar-refractivity contribution in [1.82, 2.24) is 0 Å². The van der Waals surface area contributed by atoms with Crippen molar-refractivity contribution in [3.8, 4) is 0 Å². The van der Waals surface area contributed by atoms with Crippen LogP contribution in [0, 0.1) is 20.2 Å². The fourth-order valence-corrected chi connectivity index (χ4v) is 2.88. The number of hydrogen-bond acceptors (Lipinski definition) is 8. The van der Waals surface area contributed by atoms with E-state index in [4.69, 9.17) is 9.47 Å².